The number of aryl methyl sites for hydroxylation is 1. The fraction of sp³-hybridized carbons (Fsp3) is 0.706. The summed E-state index contributed by atoms with van der Waals surface area (Å²) in [5, 5.41) is 9.47. The predicted molar refractivity (Wildman–Crippen MR) is 95.3 cm³/mol. The van der Waals surface area contributed by atoms with Gasteiger partial charge in [0.25, 0.3) is 0 Å². The van der Waals surface area contributed by atoms with Crippen molar-refractivity contribution in [1.82, 2.24) is 20.3 Å². The van der Waals surface area contributed by atoms with Gasteiger partial charge in [0.05, 0.1) is 6.54 Å². The van der Waals surface area contributed by atoms with Crippen molar-refractivity contribution in [1.29, 1.82) is 0 Å². The average molecular weight is 351 g/mol. The lowest BCUT2D eigenvalue weighted by Gasteiger charge is -2.34. The number of hydrogen-bond donors (Lipinski definition) is 2. The second kappa shape index (κ2) is 9.53. The zero-order valence-electron chi connectivity index (χ0n) is 15.4. The van der Waals surface area contributed by atoms with Gasteiger partial charge < -0.3 is 20.1 Å². The van der Waals surface area contributed by atoms with Crippen LogP contribution in [0.25, 0.3) is 0 Å². The third kappa shape index (κ3) is 6.83. The summed E-state index contributed by atoms with van der Waals surface area (Å²) in [6.07, 6.45) is 1.36. The van der Waals surface area contributed by atoms with E-state index in [0.717, 1.165) is 32.6 Å². The van der Waals surface area contributed by atoms with E-state index in [-0.39, 0.29) is 17.9 Å². The molecule has 1 aromatic rings. The Morgan fingerprint density at radius 2 is 1.92 bits per heavy atom. The molecule has 0 spiro atoms. The second-order valence-corrected chi connectivity index (χ2v) is 6.62. The number of nitrogens with one attached hydrogen (secondary N) is 2. The van der Waals surface area contributed by atoms with Gasteiger partial charge in [0, 0.05) is 51.3 Å². The number of nitrogens with zero attached hydrogens (tertiary/aromatic N) is 3. The van der Waals surface area contributed by atoms with Crippen molar-refractivity contribution in [3.05, 3.63) is 11.8 Å². The maximum atomic E-state index is 11.9. The van der Waals surface area contributed by atoms with Crippen LogP contribution in [0.2, 0.25) is 0 Å². The van der Waals surface area contributed by atoms with Gasteiger partial charge in [0.1, 0.15) is 5.76 Å². The summed E-state index contributed by atoms with van der Waals surface area (Å²) in [6, 6.07) is 1.92. The maximum absolute atomic E-state index is 11.9. The van der Waals surface area contributed by atoms with Crippen LogP contribution in [0.1, 0.15) is 32.4 Å². The molecule has 2 heterocycles. The minimum atomic E-state index is -0.0661. The van der Waals surface area contributed by atoms with Crippen molar-refractivity contribution >= 4 is 17.6 Å². The minimum Gasteiger partial charge on any atom is -0.360 e. The quantitative estimate of drug-likeness (QED) is 0.721. The van der Waals surface area contributed by atoms with Crippen LogP contribution in [0.4, 0.5) is 5.82 Å². The summed E-state index contributed by atoms with van der Waals surface area (Å²) in [7, 11) is 0. The topological polar surface area (TPSA) is 90.7 Å². The van der Waals surface area contributed by atoms with Crippen LogP contribution in [0.5, 0.6) is 0 Å². The van der Waals surface area contributed by atoms with Crippen LogP contribution in [0.15, 0.2) is 10.6 Å². The van der Waals surface area contributed by atoms with Crippen LogP contribution < -0.4 is 10.6 Å². The fourth-order valence-electron chi connectivity index (χ4n) is 2.69. The molecule has 0 aliphatic carbocycles. The standard InChI is InChI=1S/C17H29N5O3/c1-4-13(2)18-17(24)12-22-9-7-21(8-10-22)6-5-16(23)19-15-11-14(3)25-20-15/h11,13H,4-10,12H2,1-3H3,(H,18,24)(H,19,20,23). The van der Waals surface area contributed by atoms with Gasteiger partial charge in [0.15, 0.2) is 5.82 Å². The molecule has 25 heavy (non-hydrogen) atoms. The van der Waals surface area contributed by atoms with Gasteiger partial charge in [-0.25, -0.2) is 0 Å². The summed E-state index contributed by atoms with van der Waals surface area (Å²) >= 11 is 0. The van der Waals surface area contributed by atoms with Gasteiger partial charge >= 0.3 is 0 Å². The van der Waals surface area contributed by atoms with Crippen LogP contribution >= 0.6 is 0 Å². The first-order valence-electron chi connectivity index (χ1n) is 8.93. The molecule has 1 fully saturated rings. The van der Waals surface area contributed by atoms with E-state index in [1.165, 1.54) is 0 Å². The molecule has 0 bridgehead atoms. The van der Waals surface area contributed by atoms with Crippen LogP contribution in [-0.2, 0) is 9.59 Å². The number of carbonyl (C=O) groups is 2. The molecule has 1 unspecified atom stereocenters. The SMILES string of the molecule is CCC(C)NC(=O)CN1CCN(CCC(=O)Nc2cc(C)on2)CC1. The number of aromatic nitrogens is 1. The van der Waals surface area contributed by atoms with Gasteiger partial charge in [0.2, 0.25) is 11.8 Å². The van der Waals surface area contributed by atoms with Gasteiger partial charge in [-0.15, -0.1) is 0 Å². The van der Waals surface area contributed by atoms with E-state index in [9.17, 15) is 9.59 Å². The van der Waals surface area contributed by atoms with E-state index >= 15 is 0 Å². The highest BCUT2D eigenvalue weighted by Crippen LogP contribution is 2.08. The minimum absolute atomic E-state index is 0.0661. The molecule has 8 heteroatoms. The Balaban J connectivity index is 1.61. The molecular formula is C17H29N5O3. The Hall–Kier alpha value is -1.93. The smallest absolute Gasteiger partial charge is 0.234 e. The highest BCUT2D eigenvalue weighted by molar-refractivity contribution is 5.89. The van der Waals surface area contributed by atoms with Gasteiger partial charge in [-0.1, -0.05) is 12.1 Å². The lowest BCUT2D eigenvalue weighted by molar-refractivity contribution is -0.123. The lowest BCUT2D eigenvalue weighted by Crippen LogP contribution is -2.50. The van der Waals surface area contributed by atoms with Crippen LogP contribution in [0, 0.1) is 6.92 Å². The van der Waals surface area contributed by atoms with E-state index < -0.39 is 0 Å². The Kier molecular flexibility index (Phi) is 7.39. The molecular weight excluding hydrogens is 322 g/mol. The predicted octanol–water partition coefficient (Wildman–Crippen LogP) is 0.844. The van der Waals surface area contributed by atoms with Gasteiger partial charge in [-0.05, 0) is 20.3 Å². The highest BCUT2D eigenvalue weighted by Gasteiger charge is 2.20. The monoisotopic (exact) mass is 351 g/mol. The van der Waals surface area contributed by atoms with E-state index in [0.29, 0.717) is 31.1 Å². The first-order valence-corrected chi connectivity index (χ1v) is 8.93. The summed E-state index contributed by atoms with van der Waals surface area (Å²) < 4.78 is 4.92. The zero-order chi connectivity index (χ0) is 18.2. The summed E-state index contributed by atoms with van der Waals surface area (Å²) in [5.74, 6) is 1.15. The van der Waals surface area contributed by atoms with Crippen molar-refractivity contribution in [2.75, 3.05) is 44.6 Å². The Labute approximate surface area is 148 Å². The van der Waals surface area contributed by atoms with E-state index in [1.807, 2.05) is 6.92 Å². The highest BCUT2D eigenvalue weighted by atomic mass is 16.5. The number of piperazine rings is 1. The van der Waals surface area contributed by atoms with E-state index in [4.69, 9.17) is 4.52 Å². The van der Waals surface area contributed by atoms with Crippen LogP contribution in [0.3, 0.4) is 0 Å². The Morgan fingerprint density at radius 3 is 2.52 bits per heavy atom. The molecule has 2 amide bonds. The average Bonchev–Trinajstić information content (AvgIpc) is 2.98. The van der Waals surface area contributed by atoms with Crippen molar-refractivity contribution in [2.24, 2.45) is 0 Å². The third-order valence-electron chi connectivity index (χ3n) is 4.40. The van der Waals surface area contributed by atoms with Gasteiger partial charge in [-0.3, -0.25) is 14.5 Å². The molecule has 1 aliphatic heterocycles. The number of carbonyl (C=O) groups excluding carboxylic acids is 2. The molecule has 0 aromatic carbocycles. The Bertz CT molecular complexity index is 566. The molecule has 140 valence electrons. The van der Waals surface area contributed by atoms with Crippen LogP contribution in [-0.4, -0.2) is 72.1 Å². The summed E-state index contributed by atoms with van der Waals surface area (Å²) in [5.41, 5.74) is 0. The largest absolute Gasteiger partial charge is 0.360 e. The van der Waals surface area contributed by atoms with E-state index in [2.05, 4.69) is 32.5 Å². The van der Waals surface area contributed by atoms with Crippen molar-refractivity contribution in [3.8, 4) is 0 Å². The van der Waals surface area contributed by atoms with Crippen molar-refractivity contribution in [2.45, 2.75) is 39.7 Å². The first-order chi connectivity index (χ1) is 12.0. The molecule has 0 radical (unpaired) electrons. The number of hydrogen-bond acceptors (Lipinski definition) is 6. The normalized spacial score (nSPS) is 17.2. The molecule has 1 atom stereocenters. The van der Waals surface area contributed by atoms with Crippen molar-refractivity contribution < 1.29 is 14.1 Å². The first kappa shape index (κ1) is 19.4. The number of amides is 2. The third-order valence-corrected chi connectivity index (χ3v) is 4.40. The molecule has 1 saturated heterocycles. The molecule has 0 saturated carbocycles. The summed E-state index contributed by atoms with van der Waals surface area (Å²) in [4.78, 5) is 28.2. The zero-order valence-corrected chi connectivity index (χ0v) is 15.4. The van der Waals surface area contributed by atoms with E-state index in [1.54, 1.807) is 13.0 Å². The number of rotatable bonds is 8. The lowest BCUT2D eigenvalue weighted by atomic mass is 10.2. The molecule has 1 aromatic heterocycles. The molecule has 1 aliphatic rings. The maximum Gasteiger partial charge on any atom is 0.234 e. The molecule has 2 rings (SSSR count). The molecule has 8 nitrogen and oxygen atoms in total. The van der Waals surface area contributed by atoms with Crippen molar-refractivity contribution in [3.63, 3.8) is 0 Å². The Morgan fingerprint density at radius 1 is 1.24 bits per heavy atom. The molecule has 2 N–H and O–H groups in total. The summed E-state index contributed by atoms with van der Waals surface area (Å²) in [6.45, 7) is 10.4. The second-order valence-electron chi connectivity index (χ2n) is 6.62. The fourth-order valence-corrected chi connectivity index (χ4v) is 2.69. The number of anilines is 1. The van der Waals surface area contributed by atoms with Gasteiger partial charge in [-0.2, -0.15) is 0 Å².